The fourth-order valence-electron chi connectivity index (χ4n) is 3.70. The Hall–Kier alpha value is -2.88. The number of benzene rings is 2. The summed E-state index contributed by atoms with van der Waals surface area (Å²) in [4.78, 5) is 17.3. The minimum Gasteiger partial charge on any atom is -0.497 e. The maximum Gasteiger partial charge on any atom is 0.241 e. The lowest BCUT2D eigenvalue weighted by molar-refractivity contribution is -0.121. The van der Waals surface area contributed by atoms with Crippen molar-refractivity contribution in [1.82, 2.24) is 9.80 Å². The Labute approximate surface area is 172 Å². The number of nitrogens with one attached hydrogen (secondary N) is 1. The number of piperazine rings is 1. The molecule has 2 aromatic carbocycles. The zero-order valence-corrected chi connectivity index (χ0v) is 17.3. The molecule has 1 heterocycles. The molecule has 6 heteroatoms. The van der Waals surface area contributed by atoms with Crippen LogP contribution in [0.1, 0.15) is 31.0 Å². The number of amides is 1. The van der Waals surface area contributed by atoms with Crippen LogP contribution in [0.4, 0.5) is 5.69 Å². The number of rotatable bonds is 6. The molecule has 6 nitrogen and oxygen atoms in total. The topological polar surface area (TPSA) is 68.6 Å². The number of nitrogens with zero attached hydrogens (tertiary/aromatic N) is 3. The van der Waals surface area contributed by atoms with Crippen LogP contribution in [0.2, 0.25) is 0 Å². The van der Waals surface area contributed by atoms with Gasteiger partial charge in [-0.3, -0.25) is 14.6 Å². The van der Waals surface area contributed by atoms with Crippen LogP contribution < -0.4 is 10.1 Å². The third-order valence-corrected chi connectivity index (χ3v) is 5.66. The molecule has 1 saturated heterocycles. The van der Waals surface area contributed by atoms with Crippen molar-refractivity contribution in [3.8, 4) is 11.8 Å². The van der Waals surface area contributed by atoms with Crippen LogP contribution in [-0.2, 0) is 4.79 Å². The minimum absolute atomic E-state index is 0.0469. The van der Waals surface area contributed by atoms with E-state index in [1.165, 1.54) is 5.56 Å². The Morgan fingerprint density at radius 2 is 1.76 bits per heavy atom. The summed E-state index contributed by atoms with van der Waals surface area (Å²) in [7, 11) is 1.69. The molecule has 1 fully saturated rings. The lowest BCUT2D eigenvalue weighted by Crippen LogP contribution is -2.53. The molecule has 0 spiro atoms. The van der Waals surface area contributed by atoms with Gasteiger partial charge in [0.1, 0.15) is 5.75 Å². The van der Waals surface area contributed by atoms with Gasteiger partial charge in [0.15, 0.2) is 0 Å². The third kappa shape index (κ3) is 5.14. The summed E-state index contributed by atoms with van der Waals surface area (Å²) in [5, 5.41) is 11.9. The number of anilines is 1. The fourth-order valence-corrected chi connectivity index (χ4v) is 3.70. The molecule has 1 aliphatic rings. The van der Waals surface area contributed by atoms with Crippen LogP contribution in [0.25, 0.3) is 0 Å². The number of carbonyl (C=O) groups is 1. The van der Waals surface area contributed by atoms with E-state index in [9.17, 15) is 4.79 Å². The maximum absolute atomic E-state index is 12.7. The van der Waals surface area contributed by atoms with E-state index in [-0.39, 0.29) is 11.9 Å². The van der Waals surface area contributed by atoms with Gasteiger partial charge >= 0.3 is 0 Å². The quantitative estimate of drug-likeness (QED) is 0.817. The van der Waals surface area contributed by atoms with Crippen molar-refractivity contribution >= 4 is 11.6 Å². The normalized spacial score (nSPS) is 17.2. The molecule has 0 aromatic heterocycles. The summed E-state index contributed by atoms with van der Waals surface area (Å²) in [6.45, 7) is 7.62. The molecule has 3 rings (SSSR count). The Morgan fingerprint density at radius 3 is 2.45 bits per heavy atom. The summed E-state index contributed by atoms with van der Waals surface area (Å²) < 4.78 is 5.34. The summed E-state index contributed by atoms with van der Waals surface area (Å²) in [5.74, 6) is 0.827. The summed E-state index contributed by atoms with van der Waals surface area (Å²) in [6, 6.07) is 17.4. The van der Waals surface area contributed by atoms with E-state index in [2.05, 4.69) is 40.2 Å². The first kappa shape index (κ1) is 20.8. The first-order valence-electron chi connectivity index (χ1n) is 9.95. The fraction of sp³-hybridized carbons (Fsp3) is 0.391. The van der Waals surface area contributed by atoms with Gasteiger partial charge in [0.05, 0.1) is 24.8 Å². The van der Waals surface area contributed by atoms with Crippen LogP contribution >= 0.6 is 0 Å². The molecule has 0 saturated carbocycles. The highest BCUT2D eigenvalue weighted by Crippen LogP contribution is 2.25. The van der Waals surface area contributed by atoms with Gasteiger partial charge in [-0.25, -0.2) is 0 Å². The Kier molecular flexibility index (Phi) is 6.86. The van der Waals surface area contributed by atoms with Crippen LogP contribution in [0.3, 0.4) is 0 Å². The van der Waals surface area contributed by atoms with Crippen LogP contribution in [0, 0.1) is 11.3 Å². The lowest BCUT2D eigenvalue weighted by Gasteiger charge is -2.40. The number of hydrogen-bond acceptors (Lipinski definition) is 5. The van der Waals surface area contributed by atoms with E-state index in [0.717, 1.165) is 31.9 Å². The zero-order valence-electron chi connectivity index (χ0n) is 17.3. The molecule has 0 aliphatic carbocycles. The second-order valence-electron chi connectivity index (χ2n) is 7.38. The van der Waals surface area contributed by atoms with Gasteiger partial charge in [-0.15, -0.1) is 0 Å². The number of nitriles is 1. The Bertz CT molecular complexity index is 884. The second kappa shape index (κ2) is 9.55. The Balaban J connectivity index is 1.55. The van der Waals surface area contributed by atoms with Crippen LogP contribution in [-0.4, -0.2) is 55.0 Å². The molecule has 152 valence electrons. The molecule has 1 amide bonds. The predicted octanol–water partition coefficient (Wildman–Crippen LogP) is 3.27. The lowest BCUT2D eigenvalue weighted by atomic mass is 10.1. The molecular formula is C23H28N4O2. The van der Waals surface area contributed by atoms with E-state index in [1.807, 2.05) is 19.1 Å². The van der Waals surface area contributed by atoms with Crippen LogP contribution in [0.5, 0.6) is 5.75 Å². The molecule has 1 aliphatic heterocycles. The third-order valence-electron chi connectivity index (χ3n) is 5.66. The highest BCUT2D eigenvalue weighted by atomic mass is 16.5. The van der Waals surface area contributed by atoms with Gasteiger partial charge in [-0.2, -0.15) is 5.26 Å². The standard InChI is InChI=1S/C23H28N4O2/c1-17(20-7-5-9-22(15-20)29-3)26-10-12-27(13-11-26)18(2)23(28)25-21-8-4-6-19(14-21)16-24/h4-9,14-15,17-18H,10-13H2,1-3H3,(H,25,28). The summed E-state index contributed by atoms with van der Waals surface area (Å²) >= 11 is 0. The molecule has 2 aromatic rings. The minimum atomic E-state index is -0.227. The van der Waals surface area contributed by atoms with E-state index in [4.69, 9.17) is 10.00 Å². The first-order chi connectivity index (χ1) is 14.0. The number of methoxy groups -OCH3 is 1. The highest BCUT2D eigenvalue weighted by molar-refractivity contribution is 5.94. The van der Waals surface area contributed by atoms with E-state index in [0.29, 0.717) is 17.3 Å². The van der Waals surface area contributed by atoms with E-state index in [1.54, 1.807) is 31.4 Å². The van der Waals surface area contributed by atoms with Crippen LogP contribution in [0.15, 0.2) is 48.5 Å². The predicted molar refractivity (Wildman–Crippen MR) is 114 cm³/mol. The number of ether oxygens (including phenoxy) is 1. The molecule has 2 unspecified atom stereocenters. The van der Waals surface area contributed by atoms with Crippen molar-refractivity contribution in [2.24, 2.45) is 0 Å². The zero-order chi connectivity index (χ0) is 20.8. The van der Waals surface area contributed by atoms with Crippen molar-refractivity contribution in [1.29, 1.82) is 5.26 Å². The second-order valence-corrected chi connectivity index (χ2v) is 7.38. The maximum atomic E-state index is 12.7. The summed E-state index contributed by atoms with van der Waals surface area (Å²) in [6.07, 6.45) is 0. The largest absolute Gasteiger partial charge is 0.497 e. The SMILES string of the molecule is COc1cccc(C(C)N2CCN(C(C)C(=O)Nc3cccc(C#N)c3)CC2)c1. The molecule has 0 radical (unpaired) electrons. The van der Waals surface area contributed by atoms with Gasteiger partial charge in [-0.1, -0.05) is 18.2 Å². The van der Waals surface area contributed by atoms with Crippen molar-refractivity contribution in [3.63, 3.8) is 0 Å². The number of hydrogen-bond donors (Lipinski definition) is 1. The van der Waals surface area contributed by atoms with Crippen molar-refractivity contribution < 1.29 is 9.53 Å². The van der Waals surface area contributed by atoms with Gasteiger partial charge < -0.3 is 10.1 Å². The highest BCUT2D eigenvalue weighted by Gasteiger charge is 2.28. The smallest absolute Gasteiger partial charge is 0.241 e. The van der Waals surface area contributed by atoms with E-state index >= 15 is 0 Å². The van der Waals surface area contributed by atoms with Gasteiger partial charge in [0.25, 0.3) is 0 Å². The van der Waals surface area contributed by atoms with Gasteiger partial charge in [0.2, 0.25) is 5.91 Å². The van der Waals surface area contributed by atoms with Gasteiger partial charge in [0, 0.05) is 37.9 Å². The molecule has 1 N–H and O–H groups in total. The number of carbonyl (C=O) groups excluding carboxylic acids is 1. The first-order valence-corrected chi connectivity index (χ1v) is 9.95. The molecule has 29 heavy (non-hydrogen) atoms. The van der Waals surface area contributed by atoms with Crippen molar-refractivity contribution in [2.75, 3.05) is 38.6 Å². The van der Waals surface area contributed by atoms with Gasteiger partial charge in [-0.05, 0) is 49.7 Å². The van der Waals surface area contributed by atoms with E-state index < -0.39 is 0 Å². The Morgan fingerprint density at radius 1 is 1.07 bits per heavy atom. The van der Waals surface area contributed by atoms with Crippen molar-refractivity contribution in [2.45, 2.75) is 25.9 Å². The van der Waals surface area contributed by atoms with Crippen molar-refractivity contribution in [3.05, 3.63) is 59.7 Å². The molecule has 2 atom stereocenters. The molecule has 0 bridgehead atoms. The average Bonchev–Trinajstić information content (AvgIpc) is 2.78. The average molecular weight is 393 g/mol. The monoisotopic (exact) mass is 392 g/mol. The molecular weight excluding hydrogens is 364 g/mol. The summed E-state index contributed by atoms with van der Waals surface area (Å²) in [5.41, 5.74) is 2.43.